The van der Waals surface area contributed by atoms with Crippen molar-refractivity contribution in [3.8, 4) is 0 Å². The van der Waals surface area contributed by atoms with E-state index < -0.39 is 0 Å². The fourth-order valence-electron chi connectivity index (χ4n) is 2.72. The van der Waals surface area contributed by atoms with Crippen LogP contribution in [0.25, 0.3) is 10.9 Å². The van der Waals surface area contributed by atoms with E-state index in [1.165, 1.54) is 0 Å². The molecule has 0 unspecified atom stereocenters. The van der Waals surface area contributed by atoms with Gasteiger partial charge in [-0.15, -0.1) is 12.4 Å². The van der Waals surface area contributed by atoms with E-state index in [4.69, 9.17) is 11.6 Å². The molecule has 0 aliphatic rings. The van der Waals surface area contributed by atoms with Gasteiger partial charge in [0.1, 0.15) is 0 Å². The summed E-state index contributed by atoms with van der Waals surface area (Å²) in [5.41, 5.74) is 3.22. The Kier molecular flexibility index (Phi) is 6.39. The molecule has 3 N–H and O–H groups in total. The van der Waals surface area contributed by atoms with Crippen LogP contribution in [0.2, 0.25) is 5.02 Å². The van der Waals surface area contributed by atoms with Gasteiger partial charge in [-0.1, -0.05) is 38.4 Å². The first-order valence-electron chi connectivity index (χ1n) is 8.52. The van der Waals surface area contributed by atoms with Crippen molar-refractivity contribution in [1.29, 1.82) is 0 Å². The average Bonchev–Trinajstić information content (AvgIpc) is 2.95. The van der Waals surface area contributed by atoms with E-state index in [-0.39, 0.29) is 23.7 Å². The quantitative estimate of drug-likeness (QED) is 0.538. The molecule has 3 rings (SSSR count). The van der Waals surface area contributed by atoms with E-state index in [0.717, 1.165) is 22.2 Å². The van der Waals surface area contributed by atoms with Gasteiger partial charge in [-0.3, -0.25) is 4.79 Å². The summed E-state index contributed by atoms with van der Waals surface area (Å²) in [5, 5.41) is 7.78. The van der Waals surface area contributed by atoms with Crippen molar-refractivity contribution in [3.05, 3.63) is 52.8 Å². The summed E-state index contributed by atoms with van der Waals surface area (Å²) in [6.07, 6.45) is 3.50. The first-order chi connectivity index (χ1) is 12.2. The molecule has 2 heterocycles. The minimum atomic E-state index is -0.116. The molecule has 27 heavy (non-hydrogen) atoms. The number of H-pyrrole nitrogens is 1. The van der Waals surface area contributed by atoms with E-state index in [0.29, 0.717) is 22.9 Å². The topological polar surface area (TPSA) is 69.8 Å². The highest BCUT2D eigenvalue weighted by Crippen LogP contribution is 2.29. The largest absolute Gasteiger partial charge is 0.358 e. The predicted octanol–water partition coefficient (Wildman–Crippen LogP) is 5.47. The molecule has 7 heteroatoms. The Morgan fingerprint density at radius 3 is 2.70 bits per heavy atom. The molecule has 0 aliphatic heterocycles. The lowest BCUT2D eigenvalue weighted by molar-refractivity contribution is 0.0940. The Morgan fingerprint density at radius 1 is 1.30 bits per heavy atom. The number of anilines is 2. The number of halogens is 2. The zero-order valence-corrected chi connectivity index (χ0v) is 17.4. The summed E-state index contributed by atoms with van der Waals surface area (Å²) in [7, 11) is 0. The van der Waals surface area contributed by atoms with Gasteiger partial charge in [-0.2, -0.15) is 0 Å². The van der Waals surface area contributed by atoms with Crippen LogP contribution < -0.4 is 10.6 Å². The number of aromatic amines is 1. The molecular formula is C20H24Cl2N4O. The maximum atomic E-state index is 12.7. The van der Waals surface area contributed by atoms with Gasteiger partial charge in [0.15, 0.2) is 5.82 Å². The van der Waals surface area contributed by atoms with Crippen LogP contribution in [0.15, 0.2) is 36.7 Å². The maximum absolute atomic E-state index is 12.7. The Morgan fingerprint density at radius 2 is 2.04 bits per heavy atom. The first kappa shape index (κ1) is 21.1. The Labute approximate surface area is 170 Å². The highest BCUT2D eigenvalue weighted by molar-refractivity contribution is 6.30. The van der Waals surface area contributed by atoms with Gasteiger partial charge in [0.25, 0.3) is 5.91 Å². The summed E-state index contributed by atoms with van der Waals surface area (Å²) in [6, 6.07) is 7.43. The highest BCUT2D eigenvalue weighted by atomic mass is 35.5. The lowest BCUT2D eigenvalue weighted by Crippen LogP contribution is -2.32. The molecule has 2 aromatic heterocycles. The number of pyridine rings is 1. The Balaban J connectivity index is 0.00000261. The standard InChI is InChI=1S/C20H23ClN4O.ClH/c1-12-9-22-17-16(12)15(19(26)24-11-20(2,3)4)10-23-18(17)25-14-7-5-6-13(21)8-14;/h5-10,22H,11H2,1-4H3,(H,23,25)(H,24,26);1H. The number of hydrogen-bond donors (Lipinski definition) is 3. The molecule has 0 radical (unpaired) electrons. The summed E-state index contributed by atoms with van der Waals surface area (Å²) in [5.74, 6) is 0.539. The van der Waals surface area contributed by atoms with E-state index in [1.807, 2.05) is 37.4 Å². The number of carbonyl (C=O) groups is 1. The van der Waals surface area contributed by atoms with Gasteiger partial charge in [-0.25, -0.2) is 4.98 Å². The number of benzene rings is 1. The van der Waals surface area contributed by atoms with Crippen LogP contribution >= 0.6 is 24.0 Å². The molecule has 0 saturated heterocycles. The van der Waals surface area contributed by atoms with Crippen molar-refractivity contribution in [2.45, 2.75) is 27.7 Å². The minimum absolute atomic E-state index is 0. The van der Waals surface area contributed by atoms with E-state index in [1.54, 1.807) is 6.20 Å². The third-order valence-electron chi connectivity index (χ3n) is 4.02. The molecule has 5 nitrogen and oxygen atoms in total. The lowest BCUT2D eigenvalue weighted by Gasteiger charge is -2.19. The van der Waals surface area contributed by atoms with Crippen LogP contribution in [0.3, 0.4) is 0 Å². The Bertz CT molecular complexity index is 960. The maximum Gasteiger partial charge on any atom is 0.253 e. The summed E-state index contributed by atoms with van der Waals surface area (Å²) < 4.78 is 0. The second-order valence-electron chi connectivity index (χ2n) is 7.62. The summed E-state index contributed by atoms with van der Waals surface area (Å²) >= 11 is 6.05. The number of nitrogens with zero attached hydrogens (tertiary/aromatic N) is 1. The van der Waals surface area contributed by atoms with Crippen molar-refractivity contribution >= 4 is 52.3 Å². The van der Waals surface area contributed by atoms with Crippen LogP contribution in [0.4, 0.5) is 11.5 Å². The van der Waals surface area contributed by atoms with Gasteiger partial charge in [0.2, 0.25) is 0 Å². The second kappa shape index (κ2) is 8.19. The van der Waals surface area contributed by atoms with Crippen LogP contribution in [0.1, 0.15) is 36.7 Å². The first-order valence-corrected chi connectivity index (χ1v) is 8.90. The van der Waals surface area contributed by atoms with Gasteiger partial charge < -0.3 is 15.6 Å². The fourth-order valence-corrected chi connectivity index (χ4v) is 2.91. The Hall–Kier alpha value is -2.24. The molecule has 0 bridgehead atoms. The van der Waals surface area contributed by atoms with Crippen molar-refractivity contribution in [3.63, 3.8) is 0 Å². The molecular weight excluding hydrogens is 383 g/mol. The third-order valence-corrected chi connectivity index (χ3v) is 4.25. The number of aromatic nitrogens is 2. The van der Waals surface area contributed by atoms with Gasteiger partial charge in [0.05, 0.1) is 11.1 Å². The van der Waals surface area contributed by atoms with Crippen LogP contribution in [-0.2, 0) is 0 Å². The van der Waals surface area contributed by atoms with Crippen LogP contribution in [0, 0.1) is 12.3 Å². The van der Waals surface area contributed by atoms with Crippen molar-refractivity contribution in [1.82, 2.24) is 15.3 Å². The summed E-state index contributed by atoms with van der Waals surface area (Å²) in [6.45, 7) is 8.82. The van der Waals surface area contributed by atoms with Gasteiger partial charge >= 0.3 is 0 Å². The van der Waals surface area contributed by atoms with Crippen LogP contribution in [-0.4, -0.2) is 22.4 Å². The molecule has 0 spiro atoms. The smallest absolute Gasteiger partial charge is 0.253 e. The van der Waals surface area contributed by atoms with Gasteiger partial charge in [0, 0.05) is 35.0 Å². The normalized spacial score (nSPS) is 11.1. The molecule has 0 saturated carbocycles. The minimum Gasteiger partial charge on any atom is -0.358 e. The number of aryl methyl sites for hydroxylation is 1. The molecule has 0 atom stereocenters. The average molecular weight is 407 g/mol. The van der Waals surface area contributed by atoms with Crippen LogP contribution in [0.5, 0.6) is 0 Å². The van der Waals surface area contributed by atoms with E-state index in [2.05, 4.69) is 41.4 Å². The monoisotopic (exact) mass is 406 g/mol. The molecule has 0 fully saturated rings. The number of fused-ring (bicyclic) bond motifs is 1. The molecule has 0 aliphatic carbocycles. The number of nitrogens with one attached hydrogen (secondary N) is 3. The van der Waals surface area contributed by atoms with Crippen molar-refractivity contribution in [2.75, 3.05) is 11.9 Å². The number of rotatable bonds is 4. The number of carbonyl (C=O) groups excluding carboxylic acids is 1. The second-order valence-corrected chi connectivity index (χ2v) is 8.06. The lowest BCUT2D eigenvalue weighted by atomic mass is 9.97. The molecule has 1 aromatic carbocycles. The zero-order chi connectivity index (χ0) is 18.9. The van der Waals surface area contributed by atoms with Crippen molar-refractivity contribution in [2.24, 2.45) is 5.41 Å². The highest BCUT2D eigenvalue weighted by Gasteiger charge is 2.19. The van der Waals surface area contributed by atoms with Crippen molar-refractivity contribution < 1.29 is 4.79 Å². The molecule has 144 valence electrons. The predicted molar refractivity (Wildman–Crippen MR) is 115 cm³/mol. The summed E-state index contributed by atoms with van der Waals surface area (Å²) in [4.78, 5) is 20.4. The number of hydrogen-bond acceptors (Lipinski definition) is 3. The van der Waals surface area contributed by atoms with E-state index in [9.17, 15) is 4.79 Å². The van der Waals surface area contributed by atoms with E-state index >= 15 is 0 Å². The fraction of sp³-hybridized carbons (Fsp3) is 0.300. The third kappa shape index (κ3) is 4.93. The molecule has 3 aromatic rings. The molecule has 1 amide bonds. The number of amides is 1. The zero-order valence-electron chi connectivity index (χ0n) is 15.8. The van der Waals surface area contributed by atoms with Gasteiger partial charge in [-0.05, 0) is 36.1 Å². The SMILES string of the molecule is Cc1c[nH]c2c(Nc3cccc(Cl)c3)ncc(C(=O)NCC(C)(C)C)c12.Cl.